The summed E-state index contributed by atoms with van der Waals surface area (Å²) < 4.78 is 37.0. The molecular formula is C11H11F3N2O. The molecule has 17 heavy (non-hydrogen) atoms. The van der Waals surface area contributed by atoms with Crippen LogP contribution in [0.4, 0.5) is 18.9 Å². The zero-order valence-electron chi connectivity index (χ0n) is 8.92. The Hall–Kier alpha value is -1.56. The van der Waals surface area contributed by atoms with Crippen molar-refractivity contribution < 1.29 is 18.0 Å². The van der Waals surface area contributed by atoms with Gasteiger partial charge in [0.25, 0.3) is 0 Å². The molecule has 1 aromatic carbocycles. The van der Waals surface area contributed by atoms with E-state index in [-0.39, 0.29) is 12.5 Å². The Morgan fingerprint density at radius 2 is 1.82 bits per heavy atom. The van der Waals surface area contributed by atoms with Crippen LogP contribution >= 0.6 is 0 Å². The van der Waals surface area contributed by atoms with Gasteiger partial charge in [0.2, 0.25) is 5.91 Å². The van der Waals surface area contributed by atoms with E-state index >= 15 is 0 Å². The minimum Gasteiger partial charge on any atom is -0.310 e. The fourth-order valence-electron chi connectivity index (χ4n) is 1.71. The average Bonchev–Trinajstić information content (AvgIpc) is 2.29. The Morgan fingerprint density at radius 3 is 2.35 bits per heavy atom. The van der Waals surface area contributed by atoms with E-state index in [0.29, 0.717) is 18.8 Å². The molecule has 0 aliphatic carbocycles. The highest BCUT2D eigenvalue weighted by atomic mass is 19.4. The number of benzene rings is 1. The first-order valence-electron chi connectivity index (χ1n) is 5.17. The lowest BCUT2D eigenvalue weighted by atomic mass is 10.2. The van der Waals surface area contributed by atoms with Gasteiger partial charge in [0.1, 0.15) is 0 Å². The summed E-state index contributed by atoms with van der Waals surface area (Å²) in [7, 11) is 0. The fourth-order valence-corrected chi connectivity index (χ4v) is 1.71. The number of alkyl halides is 3. The molecule has 0 spiro atoms. The summed E-state index contributed by atoms with van der Waals surface area (Å²) in [4.78, 5) is 13.0. The number of anilines is 1. The molecule has 1 saturated heterocycles. The Labute approximate surface area is 96.2 Å². The van der Waals surface area contributed by atoms with Crippen molar-refractivity contribution in [2.75, 3.05) is 24.5 Å². The number of rotatable bonds is 1. The van der Waals surface area contributed by atoms with Crippen LogP contribution in [-0.4, -0.2) is 25.5 Å². The van der Waals surface area contributed by atoms with Gasteiger partial charge in [0, 0.05) is 18.8 Å². The van der Waals surface area contributed by atoms with E-state index in [1.54, 1.807) is 0 Å². The zero-order valence-corrected chi connectivity index (χ0v) is 8.92. The van der Waals surface area contributed by atoms with E-state index < -0.39 is 11.7 Å². The number of hydrogen-bond acceptors (Lipinski definition) is 2. The van der Waals surface area contributed by atoms with Crippen molar-refractivity contribution in [1.82, 2.24) is 5.32 Å². The van der Waals surface area contributed by atoms with Crippen molar-refractivity contribution in [3.63, 3.8) is 0 Å². The van der Waals surface area contributed by atoms with Crippen molar-refractivity contribution in [3.05, 3.63) is 29.8 Å². The number of amides is 1. The maximum atomic E-state index is 12.3. The number of hydrogen-bond donors (Lipinski definition) is 1. The summed E-state index contributed by atoms with van der Waals surface area (Å²) in [5.74, 6) is -0.129. The van der Waals surface area contributed by atoms with Crippen LogP contribution in [0.3, 0.4) is 0 Å². The second kappa shape index (κ2) is 4.37. The fraction of sp³-hybridized carbons (Fsp3) is 0.364. The molecule has 0 bridgehead atoms. The van der Waals surface area contributed by atoms with E-state index in [2.05, 4.69) is 5.32 Å². The van der Waals surface area contributed by atoms with Crippen molar-refractivity contribution in [1.29, 1.82) is 0 Å². The van der Waals surface area contributed by atoms with Gasteiger partial charge in [0.15, 0.2) is 0 Å². The van der Waals surface area contributed by atoms with Crippen LogP contribution in [0.1, 0.15) is 5.56 Å². The van der Waals surface area contributed by atoms with E-state index in [9.17, 15) is 18.0 Å². The van der Waals surface area contributed by atoms with Gasteiger partial charge in [-0.15, -0.1) is 0 Å². The maximum absolute atomic E-state index is 12.3. The molecule has 1 fully saturated rings. The Kier molecular flexibility index (Phi) is 3.06. The van der Waals surface area contributed by atoms with Crippen LogP contribution in [0.25, 0.3) is 0 Å². The average molecular weight is 244 g/mol. The Balaban J connectivity index is 2.20. The maximum Gasteiger partial charge on any atom is 0.416 e. The Morgan fingerprint density at radius 1 is 1.18 bits per heavy atom. The third kappa shape index (κ3) is 2.58. The highest BCUT2D eigenvalue weighted by Crippen LogP contribution is 2.30. The number of carbonyl (C=O) groups is 1. The molecule has 3 nitrogen and oxygen atoms in total. The minimum atomic E-state index is -4.34. The highest BCUT2D eigenvalue weighted by Gasteiger charge is 2.30. The molecule has 92 valence electrons. The molecule has 0 radical (unpaired) electrons. The van der Waals surface area contributed by atoms with Crippen LogP contribution in [0.2, 0.25) is 0 Å². The number of halogens is 3. The SMILES string of the molecule is O=C1CNCCN1c1ccc(C(F)(F)F)cc1. The van der Waals surface area contributed by atoms with Crippen molar-refractivity contribution in [3.8, 4) is 0 Å². The molecule has 1 N–H and O–H groups in total. The lowest BCUT2D eigenvalue weighted by molar-refractivity contribution is -0.137. The molecule has 0 unspecified atom stereocenters. The van der Waals surface area contributed by atoms with Crippen LogP contribution in [-0.2, 0) is 11.0 Å². The molecular weight excluding hydrogens is 233 g/mol. The number of piperazine rings is 1. The number of carbonyl (C=O) groups excluding carboxylic acids is 1. The summed E-state index contributed by atoms with van der Waals surface area (Å²) in [6.45, 7) is 1.35. The highest BCUT2D eigenvalue weighted by molar-refractivity contribution is 5.95. The van der Waals surface area contributed by atoms with Gasteiger partial charge in [-0.1, -0.05) is 0 Å². The predicted octanol–water partition coefficient (Wildman–Crippen LogP) is 1.64. The summed E-state index contributed by atoms with van der Waals surface area (Å²) in [6, 6.07) is 4.63. The summed E-state index contributed by atoms with van der Waals surface area (Å²) >= 11 is 0. The first-order chi connectivity index (χ1) is 7.98. The quantitative estimate of drug-likeness (QED) is 0.814. The van der Waals surface area contributed by atoms with E-state index in [1.165, 1.54) is 17.0 Å². The first-order valence-corrected chi connectivity index (χ1v) is 5.17. The van der Waals surface area contributed by atoms with Crippen molar-refractivity contribution in [2.24, 2.45) is 0 Å². The lowest BCUT2D eigenvalue weighted by Gasteiger charge is -2.27. The molecule has 1 amide bonds. The van der Waals surface area contributed by atoms with Gasteiger partial charge in [-0.05, 0) is 24.3 Å². The molecule has 1 aliphatic heterocycles. The van der Waals surface area contributed by atoms with Crippen LogP contribution < -0.4 is 10.2 Å². The largest absolute Gasteiger partial charge is 0.416 e. The van der Waals surface area contributed by atoms with Gasteiger partial charge in [0.05, 0.1) is 12.1 Å². The molecule has 6 heteroatoms. The molecule has 0 aromatic heterocycles. The number of nitrogens with zero attached hydrogens (tertiary/aromatic N) is 1. The van der Waals surface area contributed by atoms with Crippen molar-refractivity contribution >= 4 is 11.6 Å². The van der Waals surface area contributed by atoms with Crippen LogP contribution in [0.15, 0.2) is 24.3 Å². The van der Waals surface area contributed by atoms with Gasteiger partial charge in [-0.3, -0.25) is 4.79 Å². The normalized spacial score (nSPS) is 17.4. The number of nitrogens with one attached hydrogen (secondary N) is 1. The van der Waals surface area contributed by atoms with Crippen LogP contribution in [0, 0.1) is 0 Å². The zero-order chi connectivity index (χ0) is 12.5. The van der Waals surface area contributed by atoms with Crippen LogP contribution in [0.5, 0.6) is 0 Å². The van der Waals surface area contributed by atoms with Gasteiger partial charge in [-0.2, -0.15) is 13.2 Å². The first kappa shape index (κ1) is 11.9. The molecule has 2 rings (SSSR count). The summed E-state index contributed by atoms with van der Waals surface area (Å²) in [5.41, 5.74) is -0.201. The van der Waals surface area contributed by atoms with E-state index in [4.69, 9.17) is 0 Å². The van der Waals surface area contributed by atoms with Gasteiger partial charge in [-0.25, -0.2) is 0 Å². The molecule has 1 aliphatic rings. The summed E-state index contributed by atoms with van der Waals surface area (Å²) in [6.07, 6.45) is -4.34. The summed E-state index contributed by atoms with van der Waals surface area (Å²) in [5, 5.41) is 2.90. The van der Waals surface area contributed by atoms with Crippen molar-refractivity contribution in [2.45, 2.75) is 6.18 Å². The van der Waals surface area contributed by atoms with Gasteiger partial charge < -0.3 is 10.2 Å². The van der Waals surface area contributed by atoms with E-state index in [0.717, 1.165) is 12.1 Å². The predicted molar refractivity (Wildman–Crippen MR) is 56.7 cm³/mol. The molecule has 0 saturated carbocycles. The smallest absolute Gasteiger partial charge is 0.310 e. The monoisotopic (exact) mass is 244 g/mol. The minimum absolute atomic E-state index is 0.129. The third-order valence-electron chi connectivity index (χ3n) is 2.60. The Bertz CT molecular complexity index is 414. The topological polar surface area (TPSA) is 32.3 Å². The molecule has 1 aromatic rings. The standard InChI is InChI=1S/C11H11F3N2O/c12-11(13,14)8-1-3-9(4-2-8)16-6-5-15-7-10(16)17/h1-4,15H,5-7H2. The van der Waals surface area contributed by atoms with Gasteiger partial charge >= 0.3 is 6.18 Å². The lowest BCUT2D eigenvalue weighted by Crippen LogP contribution is -2.48. The second-order valence-corrected chi connectivity index (χ2v) is 3.77. The second-order valence-electron chi connectivity index (χ2n) is 3.77. The third-order valence-corrected chi connectivity index (χ3v) is 2.60. The molecule has 1 heterocycles. The molecule has 0 atom stereocenters. The van der Waals surface area contributed by atoms with E-state index in [1.807, 2.05) is 0 Å².